The maximum Gasteiger partial charge on any atom is 0.410 e. The van der Waals surface area contributed by atoms with Crippen LogP contribution in [0.25, 0.3) is 0 Å². The Labute approximate surface area is 98.1 Å². The lowest BCUT2D eigenvalue weighted by Gasteiger charge is -2.39. The molecule has 1 aliphatic heterocycles. The summed E-state index contributed by atoms with van der Waals surface area (Å²) in [4.78, 5) is 13.4. The highest BCUT2D eigenvalue weighted by atomic mass is 16.6. The number of likely N-dealkylation sites (tertiary alicyclic amines) is 1. The minimum atomic E-state index is -0.393. The number of nitrogens with zero attached hydrogens (tertiary/aromatic N) is 1. The first-order valence-electron chi connectivity index (χ1n) is 5.80. The number of ether oxygens (including phenoxy) is 1. The van der Waals surface area contributed by atoms with E-state index < -0.39 is 5.60 Å². The molecule has 1 saturated heterocycles. The van der Waals surface area contributed by atoms with Crippen molar-refractivity contribution in [2.75, 3.05) is 13.1 Å². The second-order valence-electron chi connectivity index (χ2n) is 5.22. The van der Waals surface area contributed by atoms with Crippen molar-refractivity contribution in [2.24, 2.45) is 5.92 Å². The number of hydrogen-bond donors (Lipinski definition) is 0. The first-order chi connectivity index (χ1) is 7.42. The highest BCUT2D eigenvalue weighted by Crippen LogP contribution is 2.22. The molecule has 1 rings (SSSR count). The number of rotatable bonds is 2. The SMILES string of the molecule is CC#CCCC1CN(C(=O)OC(C)(C)C)C1. The molecule has 0 radical (unpaired) electrons. The third-order valence-corrected chi connectivity index (χ3v) is 2.46. The van der Waals surface area contributed by atoms with Gasteiger partial charge >= 0.3 is 6.09 Å². The molecule has 1 fully saturated rings. The Morgan fingerprint density at radius 2 is 2.06 bits per heavy atom. The lowest BCUT2D eigenvalue weighted by atomic mass is 9.95. The topological polar surface area (TPSA) is 29.5 Å². The van der Waals surface area contributed by atoms with Gasteiger partial charge in [-0.2, -0.15) is 0 Å². The fraction of sp³-hybridized carbons (Fsp3) is 0.769. The summed E-state index contributed by atoms with van der Waals surface area (Å²) in [6.07, 6.45) is 1.83. The van der Waals surface area contributed by atoms with Crippen LogP contribution in [0.2, 0.25) is 0 Å². The molecule has 0 spiro atoms. The first-order valence-corrected chi connectivity index (χ1v) is 5.80. The zero-order valence-electron chi connectivity index (χ0n) is 10.7. The summed E-state index contributed by atoms with van der Waals surface area (Å²) in [5.41, 5.74) is -0.393. The number of carbonyl (C=O) groups excluding carboxylic acids is 1. The molecule has 3 nitrogen and oxygen atoms in total. The van der Waals surface area contributed by atoms with Gasteiger partial charge < -0.3 is 9.64 Å². The Morgan fingerprint density at radius 1 is 1.44 bits per heavy atom. The van der Waals surface area contributed by atoms with E-state index in [1.807, 2.05) is 27.7 Å². The van der Waals surface area contributed by atoms with Crippen molar-refractivity contribution in [3.8, 4) is 11.8 Å². The van der Waals surface area contributed by atoms with Crippen LogP contribution in [0.1, 0.15) is 40.5 Å². The van der Waals surface area contributed by atoms with E-state index in [1.54, 1.807) is 4.90 Å². The Morgan fingerprint density at radius 3 is 2.56 bits per heavy atom. The summed E-state index contributed by atoms with van der Waals surface area (Å²) >= 11 is 0. The lowest BCUT2D eigenvalue weighted by Crippen LogP contribution is -2.51. The molecular weight excluding hydrogens is 202 g/mol. The molecule has 90 valence electrons. The van der Waals surface area contributed by atoms with Gasteiger partial charge in [0, 0.05) is 19.5 Å². The summed E-state index contributed by atoms with van der Waals surface area (Å²) < 4.78 is 5.27. The lowest BCUT2D eigenvalue weighted by molar-refractivity contribution is -0.00187. The standard InChI is InChI=1S/C13H21NO2/c1-5-6-7-8-11-9-14(10-11)12(15)16-13(2,3)4/h11H,7-10H2,1-4H3. The molecule has 0 aromatic rings. The summed E-state index contributed by atoms with van der Waals surface area (Å²) in [5.74, 6) is 6.53. The second kappa shape index (κ2) is 5.25. The van der Waals surface area contributed by atoms with Crippen LogP contribution in [-0.4, -0.2) is 29.7 Å². The second-order valence-corrected chi connectivity index (χ2v) is 5.22. The molecule has 3 heteroatoms. The Kier molecular flexibility index (Phi) is 4.23. The van der Waals surface area contributed by atoms with E-state index in [2.05, 4.69) is 11.8 Å². The van der Waals surface area contributed by atoms with E-state index in [4.69, 9.17) is 4.74 Å². The summed E-state index contributed by atoms with van der Waals surface area (Å²) in [7, 11) is 0. The van der Waals surface area contributed by atoms with Crippen molar-refractivity contribution in [1.29, 1.82) is 0 Å². The van der Waals surface area contributed by atoms with Crippen LogP contribution in [0, 0.1) is 17.8 Å². The summed E-state index contributed by atoms with van der Waals surface area (Å²) in [6, 6.07) is 0. The van der Waals surface area contributed by atoms with Crippen molar-refractivity contribution in [1.82, 2.24) is 4.90 Å². The smallest absolute Gasteiger partial charge is 0.410 e. The van der Waals surface area contributed by atoms with Crippen LogP contribution in [0.15, 0.2) is 0 Å². The van der Waals surface area contributed by atoms with E-state index in [0.717, 1.165) is 25.9 Å². The Bertz CT molecular complexity index is 300. The zero-order valence-corrected chi connectivity index (χ0v) is 10.7. The predicted molar refractivity (Wildman–Crippen MR) is 64.0 cm³/mol. The molecule has 0 aliphatic carbocycles. The van der Waals surface area contributed by atoms with Crippen LogP contribution >= 0.6 is 0 Å². The molecule has 0 aromatic carbocycles. The molecule has 0 N–H and O–H groups in total. The first kappa shape index (κ1) is 12.9. The molecule has 0 atom stereocenters. The van der Waals surface area contributed by atoms with Gasteiger partial charge in [0.1, 0.15) is 5.60 Å². The zero-order chi connectivity index (χ0) is 12.2. The molecule has 0 bridgehead atoms. The molecule has 0 saturated carbocycles. The Hall–Kier alpha value is -1.17. The third kappa shape index (κ3) is 4.14. The fourth-order valence-electron chi connectivity index (χ4n) is 1.63. The molecule has 1 heterocycles. The maximum absolute atomic E-state index is 11.6. The average molecular weight is 223 g/mol. The minimum absolute atomic E-state index is 0.190. The molecular formula is C13H21NO2. The van der Waals surface area contributed by atoms with Gasteiger partial charge in [0.2, 0.25) is 0 Å². The Balaban J connectivity index is 2.19. The molecule has 1 aliphatic rings. The van der Waals surface area contributed by atoms with Crippen molar-refractivity contribution in [3.63, 3.8) is 0 Å². The normalized spacial score (nSPS) is 16.1. The molecule has 1 amide bonds. The molecule has 16 heavy (non-hydrogen) atoms. The quantitative estimate of drug-likeness (QED) is 0.673. The van der Waals surface area contributed by atoms with Gasteiger partial charge in [0.05, 0.1) is 0 Å². The van der Waals surface area contributed by atoms with Gasteiger partial charge in [-0.05, 0) is 40.0 Å². The largest absolute Gasteiger partial charge is 0.444 e. The van der Waals surface area contributed by atoms with Crippen molar-refractivity contribution in [2.45, 2.75) is 46.1 Å². The number of amides is 1. The van der Waals surface area contributed by atoms with E-state index in [-0.39, 0.29) is 6.09 Å². The molecule has 0 unspecified atom stereocenters. The van der Waals surface area contributed by atoms with E-state index in [9.17, 15) is 4.79 Å². The third-order valence-electron chi connectivity index (χ3n) is 2.46. The van der Waals surface area contributed by atoms with Crippen molar-refractivity contribution >= 4 is 6.09 Å². The van der Waals surface area contributed by atoms with E-state index in [1.165, 1.54) is 0 Å². The highest BCUT2D eigenvalue weighted by molar-refractivity contribution is 5.69. The minimum Gasteiger partial charge on any atom is -0.444 e. The van der Waals surface area contributed by atoms with Crippen LogP contribution < -0.4 is 0 Å². The van der Waals surface area contributed by atoms with E-state index in [0.29, 0.717) is 5.92 Å². The number of carbonyl (C=O) groups is 1. The van der Waals surface area contributed by atoms with Crippen LogP contribution in [0.4, 0.5) is 4.79 Å². The molecule has 0 aromatic heterocycles. The number of hydrogen-bond acceptors (Lipinski definition) is 2. The average Bonchev–Trinajstić information content (AvgIpc) is 2.05. The summed E-state index contributed by atoms with van der Waals surface area (Å²) in [6.45, 7) is 9.16. The van der Waals surface area contributed by atoms with Gasteiger partial charge in [0.25, 0.3) is 0 Å². The monoisotopic (exact) mass is 223 g/mol. The van der Waals surface area contributed by atoms with Gasteiger partial charge in [-0.25, -0.2) is 4.79 Å². The van der Waals surface area contributed by atoms with Gasteiger partial charge in [0.15, 0.2) is 0 Å². The van der Waals surface area contributed by atoms with Crippen LogP contribution in [-0.2, 0) is 4.74 Å². The van der Waals surface area contributed by atoms with Crippen molar-refractivity contribution in [3.05, 3.63) is 0 Å². The summed E-state index contributed by atoms with van der Waals surface area (Å²) in [5, 5.41) is 0. The van der Waals surface area contributed by atoms with Crippen LogP contribution in [0.5, 0.6) is 0 Å². The van der Waals surface area contributed by atoms with Crippen molar-refractivity contribution < 1.29 is 9.53 Å². The van der Waals surface area contributed by atoms with Crippen LogP contribution in [0.3, 0.4) is 0 Å². The maximum atomic E-state index is 11.6. The van der Waals surface area contributed by atoms with Gasteiger partial charge in [-0.15, -0.1) is 11.8 Å². The fourth-order valence-corrected chi connectivity index (χ4v) is 1.63. The highest BCUT2D eigenvalue weighted by Gasteiger charge is 2.32. The predicted octanol–water partition coefficient (Wildman–Crippen LogP) is 2.66. The van der Waals surface area contributed by atoms with E-state index >= 15 is 0 Å². The van der Waals surface area contributed by atoms with Gasteiger partial charge in [-0.3, -0.25) is 0 Å². The van der Waals surface area contributed by atoms with Gasteiger partial charge in [-0.1, -0.05) is 0 Å².